The molecular formula is C14H15NO2S2. The van der Waals surface area contributed by atoms with Gasteiger partial charge in [-0.05, 0) is 41.1 Å². The zero-order valence-electron chi connectivity index (χ0n) is 10.3. The summed E-state index contributed by atoms with van der Waals surface area (Å²) in [7, 11) is 0. The number of hydrogen-bond acceptors (Lipinski definition) is 4. The van der Waals surface area contributed by atoms with Crippen molar-refractivity contribution in [1.82, 2.24) is 5.32 Å². The Hall–Kier alpha value is -1.17. The van der Waals surface area contributed by atoms with E-state index in [1.54, 1.807) is 11.3 Å². The lowest BCUT2D eigenvalue weighted by molar-refractivity contribution is -0.123. The molecule has 2 heterocycles. The number of carbonyl (C=O) groups excluding carboxylic acids is 1. The van der Waals surface area contributed by atoms with Crippen LogP contribution in [0.2, 0.25) is 0 Å². The summed E-state index contributed by atoms with van der Waals surface area (Å²) in [6.45, 7) is 0.236. The Bertz CT molecular complexity index is 510. The second kappa shape index (κ2) is 5.07. The molecule has 0 bridgehead atoms. The Morgan fingerprint density at radius 2 is 2.26 bits per heavy atom. The molecule has 0 spiro atoms. The molecular weight excluding hydrogens is 278 g/mol. The molecule has 5 heteroatoms. The number of amides is 1. The zero-order valence-corrected chi connectivity index (χ0v) is 12.0. The molecule has 0 saturated heterocycles. The molecule has 0 aliphatic heterocycles. The van der Waals surface area contributed by atoms with Gasteiger partial charge in [-0.3, -0.25) is 4.79 Å². The largest absolute Gasteiger partial charge is 0.378 e. The normalized spacial score (nSPS) is 17.9. The number of nitrogens with one attached hydrogen (secondary N) is 1. The summed E-state index contributed by atoms with van der Waals surface area (Å²) in [6.07, 6.45) is 1.95. The molecule has 2 aromatic rings. The van der Waals surface area contributed by atoms with Gasteiger partial charge in [0.1, 0.15) is 5.60 Å². The predicted molar refractivity (Wildman–Crippen MR) is 77.4 cm³/mol. The first kappa shape index (κ1) is 12.8. The van der Waals surface area contributed by atoms with Gasteiger partial charge in [-0.1, -0.05) is 6.07 Å². The van der Waals surface area contributed by atoms with Crippen LogP contribution in [0.25, 0.3) is 0 Å². The number of thiophene rings is 2. The lowest BCUT2D eigenvalue weighted by Gasteiger charge is -2.27. The van der Waals surface area contributed by atoms with E-state index >= 15 is 0 Å². The first-order chi connectivity index (χ1) is 9.20. The van der Waals surface area contributed by atoms with Crippen LogP contribution in [0.4, 0.5) is 0 Å². The topological polar surface area (TPSA) is 49.3 Å². The van der Waals surface area contributed by atoms with E-state index in [0.717, 1.165) is 23.3 Å². The van der Waals surface area contributed by atoms with Gasteiger partial charge in [0.05, 0.1) is 6.54 Å². The Labute approximate surface area is 119 Å². The van der Waals surface area contributed by atoms with Crippen molar-refractivity contribution in [2.24, 2.45) is 5.92 Å². The molecule has 1 amide bonds. The average Bonchev–Trinajstić information content (AvgIpc) is 2.93. The minimum atomic E-state index is -1.11. The van der Waals surface area contributed by atoms with E-state index in [0.29, 0.717) is 0 Å². The zero-order chi connectivity index (χ0) is 13.3. The van der Waals surface area contributed by atoms with Crippen molar-refractivity contribution in [1.29, 1.82) is 0 Å². The lowest BCUT2D eigenvalue weighted by Crippen LogP contribution is -2.41. The number of hydrogen-bond donors (Lipinski definition) is 2. The molecule has 1 aliphatic carbocycles. The van der Waals surface area contributed by atoms with Gasteiger partial charge in [0, 0.05) is 16.4 Å². The second-order valence-electron chi connectivity index (χ2n) is 4.84. The van der Waals surface area contributed by atoms with Gasteiger partial charge in [0.25, 0.3) is 0 Å². The maximum Gasteiger partial charge on any atom is 0.223 e. The van der Waals surface area contributed by atoms with E-state index in [9.17, 15) is 9.90 Å². The van der Waals surface area contributed by atoms with Crippen LogP contribution >= 0.6 is 22.7 Å². The van der Waals surface area contributed by atoms with E-state index in [1.807, 2.05) is 34.3 Å². The summed E-state index contributed by atoms with van der Waals surface area (Å²) in [5, 5.41) is 19.7. The van der Waals surface area contributed by atoms with Gasteiger partial charge >= 0.3 is 0 Å². The molecule has 0 unspecified atom stereocenters. The van der Waals surface area contributed by atoms with Crippen LogP contribution in [-0.2, 0) is 10.4 Å². The van der Waals surface area contributed by atoms with Gasteiger partial charge < -0.3 is 10.4 Å². The van der Waals surface area contributed by atoms with Crippen LogP contribution in [0.15, 0.2) is 34.3 Å². The lowest BCUT2D eigenvalue weighted by atomic mass is 9.94. The third-order valence-corrected chi connectivity index (χ3v) is 5.10. The van der Waals surface area contributed by atoms with E-state index in [2.05, 4.69) is 5.32 Å². The fourth-order valence-corrected chi connectivity index (χ4v) is 3.62. The van der Waals surface area contributed by atoms with Gasteiger partial charge in [0.2, 0.25) is 5.91 Å². The Kier molecular flexibility index (Phi) is 3.43. The highest BCUT2D eigenvalue weighted by Crippen LogP contribution is 2.34. The molecule has 3 nitrogen and oxygen atoms in total. The van der Waals surface area contributed by atoms with Gasteiger partial charge in [0.15, 0.2) is 0 Å². The van der Waals surface area contributed by atoms with Gasteiger partial charge in [-0.15, -0.1) is 11.3 Å². The molecule has 1 atom stereocenters. The monoisotopic (exact) mass is 293 g/mol. The maximum absolute atomic E-state index is 11.8. The quantitative estimate of drug-likeness (QED) is 0.890. The molecule has 0 radical (unpaired) electrons. The van der Waals surface area contributed by atoms with Crippen molar-refractivity contribution < 1.29 is 9.90 Å². The van der Waals surface area contributed by atoms with Crippen molar-refractivity contribution in [3.05, 3.63) is 44.8 Å². The molecule has 1 aliphatic rings. The van der Waals surface area contributed by atoms with Crippen molar-refractivity contribution >= 4 is 28.6 Å². The summed E-state index contributed by atoms with van der Waals surface area (Å²) in [5.41, 5.74) is -0.269. The molecule has 3 rings (SSSR count). The minimum Gasteiger partial charge on any atom is -0.378 e. The van der Waals surface area contributed by atoms with E-state index in [1.165, 1.54) is 11.3 Å². The molecule has 19 heavy (non-hydrogen) atoms. The maximum atomic E-state index is 11.8. The first-order valence-electron chi connectivity index (χ1n) is 6.27. The fraction of sp³-hybridized carbons (Fsp3) is 0.357. The van der Waals surface area contributed by atoms with Gasteiger partial charge in [-0.25, -0.2) is 0 Å². The Morgan fingerprint density at radius 3 is 2.84 bits per heavy atom. The molecule has 2 aromatic heterocycles. The SMILES string of the molecule is O=C(NC[C@@](O)(c1ccsc1)c1cccs1)C1CC1. The number of aliphatic hydroxyl groups is 1. The predicted octanol–water partition coefficient (Wildman–Crippen LogP) is 2.57. The first-order valence-corrected chi connectivity index (χ1v) is 8.09. The summed E-state index contributed by atoms with van der Waals surface area (Å²) in [5.74, 6) is 0.222. The third kappa shape index (κ3) is 2.59. The van der Waals surface area contributed by atoms with E-state index < -0.39 is 5.60 Å². The summed E-state index contributed by atoms with van der Waals surface area (Å²) < 4.78 is 0. The van der Waals surface area contributed by atoms with Crippen molar-refractivity contribution in [3.8, 4) is 0 Å². The van der Waals surface area contributed by atoms with Gasteiger partial charge in [-0.2, -0.15) is 11.3 Å². The smallest absolute Gasteiger partial charge is 0.223 e. The van der Waals surface area contributed by atoms with Crippen molar-refractivity contribution in [2.45, 2.75) is 18.4 Å². The standard InChI is InChI=1S/C14H15NO2S2/c16-13(10-3-4-10)15-9-14(17,11-5-7-18-8-11)12-2-1-6-19-12/h1-2,5-8,10,17H,3-4,9H2,(H,15,16)/t14-/m1/s1. The summed E-state index contributed by atoms with van der Waals surface area (Å²) in [6, 6.07) is 5.74. The Morgan fingerprint density at radius 1 is 1.42 bits per heavy atom. The van der Waals surface area contributed by atoms with E-state index in [-0.39, 0.29) is 18.4 Å². The van der Waals surface area contributed by atoms with E-state index in [4.69, 9.17) is 0 Å². The summed E-state index contributed by atoms with van der Waals surface area (Å²) in [4.78, 5) is 12.6. The fourth-order valence-electron chi connectivity index (χ4n) is 2.05. The van der Waals surface area contributed by atoms with Crippen LogP contribution in [-0.4, -0.2) is 17.6 Å². The Balaban J connectivity index is 1.82. The van der Waals surface area contributed by atoms with Crippen molar-refractivity contribution in [3.63, 3.8) is 0 Å². The number of rotatable bonds is 5. The third-order valence-electron chi connectivity index (χ3n) is 3.39. The van der Waals surface area contributed by atoms with Crippen molar-refractivity contribution in [2.75, 3.05) is 6.54 Å². The highest BCUT2D eigenvalue weighted by atomic mass is 32.1. The second-order valence-corrected chi connectivity index (χ2v) is 6.57. The molecule has 1 saturated carbocycles. The summed E-state index contributed by atoms with van der Waals surface area (Å²) >= 11 is 3.06. The number of carbonyl (C=O) groups is 1. The highest BCUT2D eigenvalue weighted by Gasteiger charge is 2.36. The molecule has 0 aromatic carbocycles. The van der Waals surface area contributed by atoms with Crippen LogP contribution in [0.3, 0.4) is 0 Å². The molecule has 2 N–H and O–H groups in total. The van der Waals surface area contributed by atoms with Crippen LogP contribution < -0.4 is 5.32 Å². The van der Waals surface area contributed by atoms with Crippen LogP contribution in [0, 0.1) is 5.92 Å². The van der Waals surface area contributed by atoms with Crippen LogP contribution in [0.5, 0.6) is 0 Å². The van der Waals surface area contributed by atoms with Crippen LogP contribution in [0.1, 0.15) is 23.3 Å². The molecule has 100 valence electrons. The molecule has 1 fully saturated rings. The highest BCUT2D eigenvalue weighted by molar-refractivity contribution is 7.10. The average molecular weight is 293 g/mol. The minimum absolute atomic E-state index is 0.0604.